The number of aromatic nitrogens is 10. The largest absolute Gasteiger partial charge is 0.481 e. The molecule has 0 aliphatic carbocycles. The Morgan fingerprint density at radius 1 is 0.389 bits per heavy atom. The molecule has 95 heavy (non-hydrogen) atoms. The van der Waals surface area contributed by atoms with E-state index in [1.807, 2.05) is 106 Å². The number of methoxy groups -OCH3 is 1. The van der Waals surface area contributed by atoms with Crippen molar-refractivity contribution in [2.75, 3.05) is 20.3 Å². The van der Waals surface area contributed by atoms with Crippen molar-refractivity contribution < 1.29 is 19.0 Å². The van der Waals surface area contributed by atoms with Gasteiger partial charge in [0.05, 0.1) is 18.7 Å². The van der Waals surface area contributed by atoms with Gasteiger partial charge in [0.25, 0.3) is 0 Å². The van der Waals surface area contributed by atoms with Gasteiger partial charge in [-0.05, 0) is 102 Å². The SMILES string of the molecule is CC(C)(C)c1ccc[nH]1.CC(C)(C)c1ccccc1.CC(C)(C)c1cccnc1.CC(C)(C)c1cccnc1.CC(C)(C)c1cccnc1OCCO.CC(C)(C)c1cnc(F)nc1.CC(C)(C)c1cncnc1.CC(C)(C)c1nccs1.COc1ncccc1C(C)(C)C. The fraction of sp³-hybridized carbons (Fsp3) is 0.487. The van der Waals surface area contributed by atoms with E-state index in [-0.39, 0.29) is 49.9 Å². The van der Waals surface area contributed by atoms with Gasteiger partial charge in [-0.1, -0.05) is 242 Å². The number of aliphatic hydroxyl groups excluding tert-OH is 1. The first kappa shape index (κ1) is 85.4. The number of aromatic amines is 1. The predicted octanol–water partition coefficient (Wildman–Crippen LogP) is 20.3. The summed E-state index contributed by atoms with van der Waals surface area (Å²) in [6, 6.07) is 30.7. The van der Waals surface area contributed by atoms with Gasteiger partial charge in [-0.25, -0.2) is 34.9 Å². The first-order valence-electron chi connectivity index (χ1n) is 32.6. The van der Waals surface area contributed by atoms with Crippen LogP contribution in [-0.2, 0) is 48.7 Å². The molecule has 9 rings (SSSR count). The van der Waals surface area contributed by atoms with Crippen LogP contribution in [0.2, 0.25) is 0 Å². The van der Waals surface area contributed by atoms with Gasteiger partial charge in [-0.2, -0.15) is 4.39 Å². The molecule has 8 heterocycles. The van der Waals surface area contributed by atoms with E-state index in [4.69, 9.17) is 14.6 Å². The van der Waals surface area contributed by atoms with Gasteiger partial charge in [0.2, 0.25) is 11.8 Å². The van der Waals surface area contributed by atoms with E-state index in [0.717, 1.165) is 22.6 Å². The number of H-pyrrole nitrogens is 1. The summed E-state index contributed by atoms with van der Waals surface area (Å²) in [6.07, 6.45) is 22.3. The molecule has 0 aliphatic heterocycles. The average Bonchev–Trinajstić information content (AvgIpc) is 1.68. The molecule has 0 unspecified atom stereocenters. The molecular formula is C80H119FN10O3S. The Morgan fingerprint density at radius 2 is 0.800 bits per heavy atom. The molecule has 1 aromatic carbocycles. The Labute approximate surface area is 577 Å². The summed E-state index contributed by atoms with van der Waals surface area (Å²) in [4.78, 5) is 38.6. The number of aliphatic hydroxyl groups is 1. The minimum absolute atomic E-state index is 0.00625. The highest BCUT2D eigenvalue weighted by molar-refractivity contribution is 7.09. The molecule has 0 spiro atoms. The van der Waals surface area contributed by atoms with Crippen LogP contribution in [0.3, 0.4) is 0 Å². The zero-order valence-electron chi connectivity index (χ0n) is 63.2. The first-order chi connectivity index (χ1) is 43.7. The molecule has 0 bridgehead atoms. The van der Waals surface area contributed by atoms with Gasteiger partial charge < -0.3 is 19.6 Å². The first-order valence-corrected chi connectivity index (χ1v) is 33.4. The van der Waals surface area contributed by atoms with Crippen LogP contribution >= 0.6 is 11.3 Å². The second-order valence-electron chi connectivity index (χ2n) is 31.9. The Bertz CT molecular complexity index is 3140. The maximum Gasteiger partial charge on any atom is 0.308 e. The normalized spacial score (nSPS) is 11.6. The predicted molar refractivity (Wildman–Crippen MR) is 398 cm³/mol. The standard InChI is InChI=1S/C11H17NO2.C10H15NO.C10H14.2C9H13N.C8H11FN2.C8H12N2.C8H13N.C7H11NS/c1-11(2,3)9-5-4-6-12-10(9)14-8-7-13;1-10(2,3)8-6-5-7-11-9(8)12-4;1-10(2,3)9-7-5-4-6-8-9;2*1-9(2,3)8-5-4-6-10-7-8;1-8(2,3)6-4-10-7(9)11-5-6;1-8(2,3)7-4-9-6-10-5-7;1-8(2,3)7-5-4-6-9-7;1-7(2,3)6-8-4-5-9-6/h4-6,13H,7-8H2,1-3H3;5-7H,1-4H3;4-8H,1-3H3;2*4-7H,1-3H3;4-5H,1-3H3;4-6H,1-3H3;4-6,9H,1-3H3;4-5H,1-3H3. The van der Waals surface area contributed by atoms with Crippen LogP contribution in [0.25, 0.3) is 0 Å². The van der Waals surface area contributed by atoms with Crippen molar-refractivity contribution in [1.29, 1.82) is 0 Å². The van der Waals surface area contributed by atoms with E-state index in [9.17, 15) is 4.39 Å². The number of ether oxygens (including phenoxy) is 2. The number of thiazole rings is 1. The van der Waals surface area contributed by atoms with Crippen molar-refractivity contribution in [1.82, 2.24) is 49.8 Å². The third-order valence-corrected chi connectivity index (χ3v) is 15.0. The molecule has 8 aromatic heterocycles. The van der Waals surface area contributed by atoms with E-state index < -0.39 is 6.08 Å². The number of nitrogens with one attached hydrogen (secondary N) is 1. The van der Waals surface area contributed by atoms with Crippen molar-refractivity contribution in [3.05, 3.63) is 233 Å². The van der Waals surface area contributed by atoms with Crippen LogP contribution in [0.5, 0.6) is 11.8 Å². The quantitative estimate of drug-likeness (QED) is 0.160. The summed E-state index contributed by atoms with van der Waals surface area (Å²) >= 11 is 1.72. The maximum absolute atomic E-state index is 12.3. The molecule has 2 N–H and O–H groups in total. The Balaban J connectivity index is 0.000000536. The summed E-state index contributed by atoms with van der Waals surface area (Å²) < 4.78 is 22.8. The molecule has 15 heteroatoms. The number of nitrogens with zero attached hydrogens (tertiary/aromatic N) is 9. The van der Waals surface area contributed by atoms with Gasteiger partial charge in [-0.15, -0.1) is 11.3 Å². The molecule has 520 valence electrons. The number of rotatable bonds is 4. The summed E-state index contributed by atoms with van der Waals surface area (Å²) in [6.45, 7) is 58.5. The highest BCUT2D eigenvalue weighted by Crippen LogP contribution is 2.31. The summed E-state index contributed by atoms with van der Waals surface area (Å²) in [7, 11) is 1.65. The average molecular weight is 1320 g/mol. The van der Waals surface area contributed by atoms with E-state index in [1.165, 1.54) is 45.3 Å². The second-order valence-corrected chi connectivity index (χ2v) is 32.8. The second kappa shape index (κ2) is 39.4. The summed E-state index contributed by atoms with van der Waals surface area (Å²) in [5.41, 5.74) is 11.1. The molecule has 9 aromatic rings. The van der Waals surface area contributed by atoms with Crippen LogP contribution in [0.15, 0.2) is 177 Å². The fourth-order valence-electron chi connectivity index (χ4n) is 7.67. The fourth-order valence-corrected chi connectivity index (χ4v) is 8.40. The number of hydrogen-bond acceptors (Lipinski definition) is 13. The maximum atomic E-state index is 12.3. The Hall–Kier alpha value is -7.62. The van der Waals surface area contributed by atoms with Crippen LogP contribution < -0.4 is 9.47 Å². The molecule has 0 saturated carbocycles. The highest BCUT2D eigenvalue weighted by atomic mass is 32.1. The minimum Gasteiger partial charge on any atom is -0.481 e. The monoisotopic (exact) mass is 1320 g/mol. The molecule has 0 atom stereocenters. The number of halogens is 1. The Kier molecular flexibility index (Phi) is 35.4. The van der Waals surface area contributed by atoms with Gasteiger partial charge in [0.15, 0.2) is 0 Å². The van der Waals surface area contributed by atoms with Crippen LogP contribution in [0.1, 0.15) is 237 Å². The minimum atomic E-state index is -0.669. The van der Waals surface area contributed by atoms with E-state index >= 15 is 0 Å². The lowest BCUT2D eigenvalue weighted by atomic mass is 9.87. The lowest BCUT2D eigenvalue weighted by molar-refractivity contribution is 0.194. The third-order valence-electron chi connectivity index (χ3n) is 13.8. The van der Waals surface area contributed by atoms with Crippen molar-refractivity contribution in [3.63, 3.8) is 0 Å². The van der Waals surface area contributed by atoms with E-state index in [2.05, 4.69) is 265 Å². The van der Waals surface area contributed by atoms with Crippen molar-refractivity contribution in [2.45, 2.75) is 236 Å². The molecule has 0 saturated heterocycles. The van der Waals surface area contributed by atoms with Gasteiger partial charge in [0.1, 0.15) is 12.9 Å². The van der Waals surface area contributed by atoms with Crippen LogP contribution in [0, 0.1) is 6.08 Å². The highest BCUT2D eigenvalue weighted by Gasteiger charge is 2.22. The molecule has 13 nitrogen and oxygen atoms in total. The van der Waals surface area contributed by atoms with Crippen molar-refractivity contribution in [3.8, 4) is 11.8 Å². The topological polar surface area (TPSA) is 170 Å². The summed E-state index contributed by atoms with van der Waals surface area (Å²) in [5.74, 6) is 1.35. The van der Waals surface area contributed by atoms with Gasteiger partial charge >= 0.3 is 6.08 Å². The van der Waals surface area contributed by atoms with Crippen LogP contribution in [-0.4, -0.2) is 75.3 Å². The molecule has 0 amide bonds. The lowest BCUT2D eigenvalue weighted by Crippen LogP contribution is -2.15. The number of hydrogen-bond donors (Lipinski definition) is 2. The molecule has 0 fully saturated rings. The summed E-state index contributed by atoms with van der Waals surface area (Å²) in [5, 5.41) is 11.9. The lowest BCUT2D eigenvalue weighted by Gasteiger charge is -2.21. The van der Waals surface area contributed by atoms with E-state index in [1.54, 1.807) is 49.6 Å². The zero-order chi connectivity index (χ0) is 72.5. The van der Waals surface area contributed by atoms with Gasteiger partial charge in [0, 0.05) is 107 Å². The van der Waals surface area contributed by atoms with E-state index in [0.29, 0.717) is 17.9 Å². The molecular weight excluding hydrogens is 1200 g/mol. The molecule has 0 aliphatic rings. The van der Waals surface area contributed by atoms with Crippen molar-refractivity contribution in [2.24, 2.45) is 0 Å². The van der Waals surface area contributed by atoms with Crippen molar-refractivity contribution >= 4 is 11.3 Å². The number of pyridine rings is 4. The number of benzene rings is 1. The molecule has 0 radical (unpaired) electrons. The smallest absolute Gasteiger partial charge is 0.308 e. The van der Waals surface area contributed by atoms with Crippen LogP contribution in [0.4, 0.5) is 4.39 Å². The zero-order valence-corrected chi connectivity index (χ0v) is 64.0. The van der Waals surface area contributed by atoms with Gasteiger partial charge in [-0.3, -0.25) is 9.97 Å². The third kappa shape index (κ3) is 36.2. The Morgan fingerprint density at radius 3 is 1.08 bits per heavy atom.